The second-order valence-corrected chi connectivity index (χ2v) is 5.74. The van der Waals surface area contributed by atoms with E-state index in [4.69, 9.17) is 0 Å². The van der Waals surface area contributed by atoms with Crippen LogP contribution >= 0.6 is 15.9 Å². The molecular formula is C13H16BrN3O. The van der Waals surface area contributed by atoms with Gasteiger partial charge in [0.15, 0.2) is 0 Å². The molecule has 1 aliphatic heterocycles. The molecule has 18 heavy (non-hydrogen) atoms. The summed E-state index contributed by atoms with van der Waals surface area (Å²) in [5.41, 5.74) is 0.719. The van der Waals surface area contributed by atoms with Crippen LogP contribution in [0, 0.1) is 0 Å². The fourth-order valence-electron chi connectivity index (χ4n) is 2.45. The number of halogens is 1. The van der Waals surface area contributed by atoms with Gasteiger partial charge >= 0.3 is 0 Å². The van der Waals surface area contributed by atoms with Crippen molar-refractivity contribution in [3.05, 3.63) is 28.5 Å². The van der Waals surface area contributed by atoms with Crippen molar-refractivity contribution in [2.75, 3.05) is 26.2 Å². The minimum atomic E-state index is 0.119. The first-order chi connectivity index (χ1) is 8.74. The molecule has 0 atom stereocenters. The summed E-state index contributed by atoms with van der Waals surface area (Å²) in [6, 6.07) is 4.37. The highest BCUT2D eigenvalue weighted by molar-refractivity contribution is 9.10. The van der Waals surface area contributed by atoms with E-state index >= 15 is 0 Å². The summed E-state index contributed by atoms with van der Waals surface area (Å²) in [6.07, 6.45) is 4.34. The topological polar surface area (TPSA) is 36.4 Å². The van der Waals surface area contributed by atoms with Crippen molar-refractivity contribution in [3.63, 3.8) is 0 Å². The molecule has 0 aromatic carbocycles. The molecule has 2 heterocycles. The first-order valence-corrected chi connectivity index (χ1v) is 7.18. The second-order valence-electron chi connectivity index (χ2n) is 4.93. The standard InChI is InChI=1S/C13H16BrN3O/c14-12-9-10(3-4-15-12)13(18)17-7-5-16(6-8-17)11-1-2-11/h3-4,9,11H,1-2,5-8H2. The number of hydrogen-bond donors (Lipinski definition) is 0. The average molecular weight is 310 g/mol. The second kappa shape index (κ2) is 4.97. The molecule has 1 aliphatic carbocycles. The Balaban J connectivity index is 1.63. The Morgan fingerprint density at radius 2 is 2.00 bits per heavy atom. The van der Waals surface area contributed by atoms with Crippen molar-refractivity contribution >= 4 is 21.8 Å². The molecule has 96 valence electrons. The molecule has 1 amide bonds. The van der Waals surface area contributed by atoms with E-state index in [9.17, 15) is 4.79 Å². The van der Waals surface area contributed by atoms with Gasteiger partial charge in [0.05, 0.1) is 0 Å². The number of piperazine rings is 1. The van der Waals surface area contributed by atoms with Crippen LogP contribution in [0.1, 0.15) is 23.2 Å². The van der Waals surface area contributed by atoms with Gasteiger partial charge < -0.3 is 4.90 Å². The van der Waals surface area contributed by atoms with Crippen LogP contribution in [0.25, 0.3) is 0 Å². The zero-order valence-electron chi connectivity index (χ0n) is 10.2. The first kappa shape index (κ1) is 12.1. The predicted octanol–water partition coefficient (Wildman–Crippen LogP) is 1.76. The third-order valence-electron chi connectivity index (χ3n) is 3.64. The number of carbonyl (C=O) groups excluding carboxylic acids is 1. The third-order valence-corrected chi connectivity index (χ3v) is 4.07. The van der Waals surface area contributed by atoms with Crippen LogP contribution in [0.2, 0.25) is 0 Å². The first-order valence-electron chi connectivity index (χ1n) is 6.39. The van der Waals surface area contributed by atoms with Gasteiger partial charge in [-0.05, 0) is 40.9 Å². The Morgan fingerprint density at radius 1 is 1.28 bits per heavy atom. The fourth-order valence-corrected chi connectivity index (χ4v) is 2.81. The summed E-state index contributed by atoms with van der Waals surface area (Å²) >= 11 is 3.30. The summed E-state index contributed by atoms with van der Waals surface area (Å²) in [7, 11) is 0. The van der Waals surface area contributed by atoms with Gasteiger partial charge in [-0.2, -0.15) is 0 Å². The van der Waals surface area contributed by atoms with Crippen molar-refractivity contribution in [2.24, 2.45) is 0 Å². The van der Waals surface area contributed by atoms with Crippen LogP contribution < -0.4 is 0 Å². The molecule has 1 saturated heterocycles. The Bertz CT molecular complexity index is 453. The summed E-state index contributed by atoms with van der Waals surface area (Å²) < 4.78 is 0.713. The van der Waals surface area contributed by atoms with Crippen LogP contribution in [-0.2, 0) is 0 Å². The van der Waals surface area contributed by atoms with E-state index in [-0.39, 0.29) is 5.91 Å². The van der Waals surface area contributed by atoms with E-state index in [0.29, 0.717) is 4.60 Å². The third kappa shape index (κ3) is 2.57. The normalized spacial score (nSPS) is 21.1. The minimum Gasteiger partial charge on any atom is -0.336 e. The summed E-state index contributed by atoms with van der Waals surface area (Å²) in [5, 5.41) is 0. The smallest absolute Gasteiger partial charge is 0.254 e. The number of pyridine rings is 1. The number of hydrogen-bond acceptors (Lipinski definition) is 3. The highest BCUT2D eigenvalue weighted by atomic mass is 79.9. The maximum atomic E-state index is 12.3. The molecule has 0 unspecified atom stereocenters. The fraction of sp³-hybridized carbons (Fsp3) is 0.538. The van der Waals surface area contributed by atoms with Gasteiger partial charge in [0.25, 0.3) is 5.91 Å². The summed E-state index contributed by atoms with van der Waals surface area (Å²) in [6.45, 7) is 3.72. The number of amides is 1. The Hall–Kier alpha value is -0.940. The molecule has 1 aromatic heterocycles. The van der Waals surface area contributed by atoms with Crippen LogP contribution in [0.3, 0.4) is 0 Å². The Labute approximate surface area is 115 Å². The van der Waals surface area contributed by atoms with Crippen LogP contribution in [0.15, 0.2) is 22.9 Å². The average Bonchev–Trinajstić information content (AvgIpc) is 3.22. The lowest BCUT2D eigenvalue weighted by atomic mass is 10.2. The molecule has 0 radical (unpaired) electrons. The zero-order valence-corrected chi connectivity index (χ0v) is 11.8. The Kier molecular flexibility index (Phi) is 3.35. The highest BCUT2D eigenvalue weighted by Gasteiger charge is 2.32. The lowest BCUT2D eigenvalue weighted by Gasteiger charge is -2.34. The van der Waals surface area contributed by atoms with Gasteiger partial charge in [0.2, 0.25) is 0 Å². The Morgan fingerprint density at radius 3 is 2.61 bits per heavy atom. The van der Waals surface area contributed by atoms with Gasteiger partial charge in [-0.1, -0.05) is 0 Å². The number of carbonyl (C=O) groups is 1. The van der Waals surface area contributed by atoms with Crippen LogP contribution in [0.5, 0.6) is 0 Å². The molecule has 5 heteroatoms. The lowest BCUT2D eigenvalue weighted by Crippen LogP contribution is -2.49. The van der Waals surface area contributed by atoms with E-state index in [0.717, 1.165) is 37.8 Å². The lowest BCUT2D eigenvalue weighted by molar-refractivity contribution is 0.0627. The summed E-state index contributed by atoms with van der Waals surface area (Å²) in [4.78, 5) is 20.8. The molecule has 1 saturated carbocycles. The molecule has 3 rings (SSSR count). The molecular weight excluding hydrogens is 294 g/mol. The van der Waals surface area contributed by atoms with Crippen molar-refractivity contribution in [2.45, 2.75) is 18.9 Å². The quantitative estimate of drug-likeness (QED) is 0.781. The molecule has 1 aromatic rings. The van der Waals surface area contributed by atoms with Crippen molar-refractivity contribution < 1.29 is 4.79 Å². The molecule has 0 bridgehead atoms. The van der Waals surface area contributed by atoms with Crippen molar-refractivity contribution in [1.82, 2.24) is 14.8 Å². The van der Waals surface area contributed by atoms with Crippen molar-refractivity contribution in [3.8, 4) is 0 Å². The highest BCUT2D eigenvalue weighted by Crippen LogP contribution is 2.27. The SMILES string of the molecule is O=C(c1ccnc(Br)c1)N1CCN(C2CC2)CC1. The van der Waals surface area contributed by atoms with E-state index in [1.807, 2.05) is 4.90 Å². The van der Waals surface area contributed by atoms with Gasteiger partial charge in [-0.25, -0.2) is 4.98 Å². The molecule has 0 spiro atoms. The maximum absolute atomic E-state index is 12.3. The van der Waals surface area contributed by atoms with Gasteiger partial charge in [-0.15, -0.1) is 0 Å². The minimum absolute atomic E-state index is 0.119. The largest absolute Gasteiger partial charge is 0.336 e. The van der Waals surface area contributed by atoms with E-state index in [2.05, 4.69) is 25.8 Å². The number of rotatable bonds is 2. The van der Waals surface area contributed by atoms with Crippen LogP contribution in [0.4, 0.5) is 0 Å². The van der Waals surface area contributed by atoms with E-state index in [1.165, 1.54) is 12.8 Å². The van der Waals surface area contributed by atoms with Crippen LogP contribution in [-0.4, -0.2) is 52.9 Å². The number of nitrogens with zero attached hydrogens (tertiary/aromatic N) is 3. The summed E-state index contributed by atoms with van der Waals surface area (Å²) in [5.74, 6) is 0.119. The molecule has 2 aliphatic rings. The number of aromatic nitrogens is 1. The van der Waals surface area contributed by atoms with Gasteiger partial charge in [-0.3, -0.25) is 9.69 Å². The van der Waals surface area contributed by atoms with E-state index in [1.54, 1.807) is 18.3 Å². The molecule has 2 fully saturated rings. The molecule has 0 N–H and O–H groups in total. The maximum Gasteiger partial charge on any atom is 0.254 e. The predicted molar refractivity (Wildman–Crippen MR) is 72.4 cm³/mol. The monoisotopic (exact) mass is 309 g/mol. The van der Waals surface area contributed by atoms with E-state index < -0.39 is 0 Å². The van der Waals surface area contributed by atoms with Gasteiger partial charge in [0.1, 0.15) is 4.60 Å². The zero-order chi connectivity index (χ0) is 12.5. The molecule has 4 nitrogen and oxygen atoms in total. The van der Waals surface area contributed by atoms with Gasteiger partial charge in [0, 0.05) is 44.0 Å². The van der Waals surface area contributed by atoms with Crippen molar-refractivity contribution in [1.29, 1.82) is 0 Å².